The average Bonchev–Trinajstić information content (AvgIpc) is 2.83. The molecule has 1 aromatic heterocycles. The van der Waals surface area contributed by atoms with Crippen LogP contribution in [0.5, 0.6) is 0 Å². The SMILES string of the molecule is O=C(O)CSc1nc2ccc(F)cc2n1C1CCCCC1. The summed E-state index contributed by atoms with van der Waals surface area (Å²) in [7, 11) is 0. The zero-order valence-corrected chi connectivity index (χ0v) is 12.4. The number of rotatable bonds is 4. The third-order valence-corrected chi connectivity index (χ3v) is 4.82. The van der Waals surface area contributed by atoms with Crippen LogP contribution in [-0.2, 0) is 4.79 Å². The van der Waals surface area contributed by atoms with E-state index in [0.29, 0.717) is 11.2 Å². The Morgan fingerprint density at radius 2 is 2.14 bits per heavy atom. The van der Waals surface area contributed by atoms with Crippen LogP contribution in [0.4, 0.5) is 4.39 Å². The normalized spacial score (nSPS) is 16.4. The molecule has 6 heteroatoms. The molecule has 0 bridgehead atoms. The molecule has 0 aliphatic heterocycles. The molecular formula is C15H17FN2O2S. The van der Waals surface area contributed by atoms with E-state index in [-0.39, 0.29) is 11.6 Å². The van der Waals surface area contributed by atoms with Gasteiger partial charge in [0.1, 0.15) is 5.82 Å². The van der Waals surface area contributed by atoms with E-state index in [1.54, 1.807) is 6.07 Å². The molecule has 1 heterocycles. The van der Waals surface area contributed by atoms with E-state index >= 15 is 0 Å². The molecule has 1 N–H and O–H groups in total. The second-order valence-corrected chi connectivity index (χ2v) is 6.31. The lowest BCUT2D eigenvalue weighted by Crippen LogP contribution is -2.14. The summed E-state index contributed by atoms with van der Waals surface area (Å²) in [6, 6.07) is 4.85. The number of carbonyl (C=O) groups is 1. The number of halogens is 1. The van der Waals surface area contributed by atoms with Crippen LogP contribution in [0, 0.1) is 5.82 Å². The van der Waals surface area contributed by atoms with Crippen molar-refractivity contribution in [3.8, 4) is 0 Å². The monoisotopic (exact) mass is 308 g/mol. The molecule has 3 rings (SSSR count). The lowest BCUT2D eigenvalue weighted by Gasteiger charge is -2.25. The summed E-state index contributed by atoms with van der Waals surface area (Å²) >= 11 is 1.21. The first-order valence-corrected chi connectivity index (χ1v) is 8.16. The topological polar surface area (TPSA) is 55.1 Å². The van der Waals surface area contributed by atoms with E-state index < -0.39 is 5.97 Å². The summed E-state index contributed by atoms with van der Waals surface area (Å²) in [5.41, 5.74) is 1.50. The molecule has 0 spiro atoms. The Morgan fingerprint density at radius 1 is 1.38 bits per heavy atom. The summed E-state index contributed by atoms with van der Waals surface area (Å²) in [5, 5.41) is 9.56. The highest BCUT2D eigenvalue weighted by molar-refractivity contribution is 7.99. The molecule has 1 aliphatic rings. The summed E-state index contributed by atoms with van der Waals surface area (Å²) < 4.78 is 15.6. The number of thioether (sulfide) groups is 1. The van der Waals surface area contributed by atoms with Crippen LogP contribution in [0.1, 0.15) is 38.1 Å². The van der Waals surface area contributed by atoms with E-state index in [1.807, 2.05) is 4.57 Å². The van der Waals surface area contributed by atoms with Gasteiger partial charge in [-0.3, -0.25) is 4.79 Å². The Morgan fingerprint density at radius 3 is 2.86 bits per heavy atom. The summed E-state index contributed by atoms with van der Waals surface area (Å²) in [5.74, 6) is -1.18. The van der Waals surface area contributed by atoms with Crippen molar-refractivity contribution < 1.29 is 14.3 Å². The maximum Gasteiger partial charge on any atom is 0.313 e. The fourth-order valence-corrected chi connectivity index (χ4v) is 3.77. The molecular weight excluding hydrogens is 291 g/mol. The highest BCUT2D eigenvalue weighted by atomic mass is 32.2. The van der Waals surface area contributed by atoms with E-state index in [9.17, 15) is 9.18 Å². The molecule has 1 saturated carbocycles. The smallest absolute Gasteiger partial charge is 0.313 e. The van der Waals surface area contributed by atoms with Crippen molar-refractivity contribution in [1.29, 1.82) is 0 Å². The van der Waals surface area contributed by atoms with Gasteiger partial charge in [-0.1, -0.05) is 31.0 Å². The van der Waals surface area contributed by atoms with Crippen molar-refractivity contribution >= 4 is 28.8 Å². The first kappa shape index (κ1) is 14.4. The second-order valence-electron chi connectivity index (χ2n) is 5.37. The number of hydrogen-bond donors (Lipinski definition) is 1. The van der Waals surface area contributed by atoms with Crippen molar-refractivity contribution in [3.63, 3.8) is 0 Å². The van der Waals surface area contributed by atoms with Crippen LogP contribution >= 0.6 is 11.8 Å². The minimum Gasteiger partial charge on any atom is -0.481 e. The Kier molecular flexibility index (Phi) is 4.14. The number of benzene rings is 1. The maximum absolute atomic E-state index is 13.6. The van der Waals surface area contributed by atoms with Crippen molar-refractivity contribution in [2.75, 3.05) is 5.75 Å². The van der Waals surface area contributed by atoms with Crippen molar-refractivity contribution in [2.24, 2.45) is 0 Å². The van der Waals surface area contributed by atoms with Gasteiger partial charge in [-0.2, -0.15) is 0 Å². The molecule has 2 aromatic rings. The van der Waals surface area contributed by atoms with Gasteiger partial charge in [0.25, 0.3) is 0 Å². The zero-order chi connectivity index (χ0) is 14.8. The first-order valence-electron chi connectivity index (χ1n) is 7.17. The fourth-order valence-electron chi connectivity index (χ4n) is 2.96. The molecule has 1 fully saturated rings. The molecule has 0 radical (unpaired) electrons. The molecule has 0 unspecified atom stereocenters. The standard InChI is InChI=1S/C15H17FN2O2S/c16-10-6-7-12-13(8-10)18(11-4-2-1-3-5-11)15(17-12)21-9-14(19)20/h6-8,11H,1-5,9H2,(H,19,20). The van der Waals surface area contributed by atoms with Gasteiger partial charge < -0.3 is 9.67 Å². The molecule has 4 nitrogen and oxygen atoms in total. The largest absolute Gasteiger partial charge is 0.481 e. The van der Waals surface area contributed by atoms with Crippen LogP contribution in [0.25, 0.3) is 11.0 Å². The van der Waals surface area contributed by atoms with Gasteiger partial charge in [0.05, 0.1) is 16.8 Å². The van der Waals surface area contributed by atoms with Gasteiger partial charge in [-0.25, -0.2) is 9.37 Å². The number of aromatic nitrogens is 2. The summed E-state index contributed by atoms with van der Waals surface area (Å²) in [6.07, 6.45) is 5.63. The predicted molar refractivity (Wildman–Crippen MR) is 80.2 cm³/mol. The lowest BCUT2D eigenvalue weighted by molar-refractivity contribution is -0.133. The quantitative estimate of drug-likeness (QED) is 0.871. The van der Waals surface area contributed by atoms with E-state index in [2.05, 4.69) is 4.98 Å². The lowest BCUT2D eigenvalue weighted by atomic mass is 9.95. The zero-order valence-electron chi connectivity index (χ0n) is 11.6. The maximum atomic E-state index is 13.6. The molecule has 21 heavy (non-hydrogen) atoms. The van der Waals surface area contributed by atoms with Gasteiger partial charge in [-0.05, 0) is 31.0 Å². The molecule has 1 aliphatic carbocycles. The van der Waals surface area contributed by atoms with Gasteiger partial charge in [0, 0.05) is 6.04 Å². The van der Waals surface area contributed by atoms with Gasteiger partial charge >= 0.3 is 5.97 Å². The molecule has 0 saturated heterocycles. The number of nitrogens with zero attached hydrogens (tertiary/aromatic N) is 2. The van der Waals surface area contributed by atoms with Crippen LogP contribution in [0.15, 0.2) is 23.4 Å². The minimum atomic E-state index is -0.867. The molecule has 0 amide bonds. The van der Waals surface area contributed by atoms with Crippen molar-refractivity contribution in [3.05, 3.63) is 24.0 Å². The van der Waals surface area contributed by atoms with Crippen LogP contribution < -0.4 is 0 Å². The Labute approximate surface area is 126 Å². The number of aliphatic carboxylic acids is 1. The number of imidazole rings is 1. The van der Waals surface area contributed by atoms with E-state index in [0.717, 1.165) is 36.7 Å². The Balaban J connectivity index is 2.04. The summed E-state index contributed by atoms with van der Waals surface area (Å²) in [4.78, 5) is 15.3. The third-order valence-electron chi connectivity index (χ3n) is 3.88. The molecule has 1 aromatic carbocycles. The molecule has 112 valence electrons. The van der Waals surface area contributed by atoms with Gasteiger partial charge in [-0.15, -0.1) is 0 Å². The summed E-state index contributed by atoms with van der Waals surface area (Å²) in [6.45, 7) is 0. The van der Waals surface area contributed by atoms with Gasteiger partial charge in [0.2, 0.25) is 0 Å². The third kappa shape index (κ3) is 3.05. The van der Waals surface area contributed by atoms with E-state index in [4.69, 9.17) is 5.11 Å². The highest BCUT2D eigenvalue weighted by Gasteiger charge is 2.22. The molecule has 0 atom stereocenters. The average molecular weight is 308 g/mol. The first-order chi connectivity index (χ1) is 10.1. The van der Waals surface area contributed by atoms with Crippen LogP contribution in [0.2, 0.25) is 0 Å². The van der Waals surface area contributed by atoms with E-state index in [1.165, 1.54) is 30.3 Å². The Bertz CT molecular complexity index is 665. The highest BCUT2D eigenvalue weighted by Crippen LogP contribution is 2.35. The second kappa shape index (κ2) is 6.05. The number of fused-ring (bicyclic) bond motifs is 1. The predicted octanol–water partition coefficient (Wildman–Crippen LogP) is 3.86. The minimum absolute atomic E-state index is 0.0292. The van der Waals surface area contributed by atoms with Crippen LogP contribution in [0.3, 0.4) is 0 Å². The van der Waals surface area contributed by atoms with Gasteiger partial charge in [0.15, 0.2) is 5.16 Å². The number of hydrogen-bond acceptors (Lipinski definition) is 3. The number of carboxylic acid groups (broad SMARTS) is 1. The van der Waals surface area contributed by atoms with Crippen molar-refractivity contribution in [1.82, 2.24) is 9.55 Å². The van der Waals surface area contributed by atoms with Crippen molar-refractivity contribution in [2.45, 2.75) is 43.3 Å². The Hall–Kier alpha value is -1.56. The van der Waals surface area contributed by atoms with Crippen LogP contribution in [-0.4, -0.2) is 26.4 Å². The number of carboxylic acids is 1. The fraction of sp³-hybridized carbons (Fsp3) is 0.467.